The summed E-state index contributed by atoms with van der Waals surface area (Å²) in [5, 5.41) is 0. The highest BCUT2D eigenvalue weighted by molar-refractivity contribution is 5.94. The second-order valence-corrected chi connectivity index (χ2v) is 4.15. The molecule has 0 spiro atoms. The monoisotopic (exact) mass is 255 g/mol. The van der Waals surface area contributed by atoms with E-state index in [1.807, 2.05) is 13.0 Å². The van der Waals surface area contributed by atoms with Gasteiger partial charge in [-0.2, -0.15) is 0 Å². The van der Waals surface area contributed by atoms with Crippen molar-refractivity contribution in [2.45, 2.75) is 6.92 Å². The molecule has 0 aliphatic heterocycles. The Labute approximate surface area is 110 Å². The number of amides is 1. The Bertz CT molecular complexity index is 635. The summed E-state index contributed by atoms with van der Waals surface area (Å²) in [5.41, 5.74) is 6.90. The molecular weight excluding hydrogens is 242 g/mol. The van der Waals surface area contributed by atoms with Crippen LogP contribution in [0.1, 0.15) is 26.3 Å². The highest BCUT2D eigenvalue weighted by Gasteiger charge is 2.09. The van der Waals surface area contributed by atoms with E-state index in [0.717, 1.165) is 5.56 Å². The fourth-order valence-electron chi connectivity index (χ4n) is 1.65. The first-order valence-electron chi connectivity index (χ1n) is 5.75. The fourth-order valence-corrected chi connectivity index (χ4v) is 1.65. The molecule has 2 aromatic rings. The summed E-state index contributed by atoms with van der Waals surface area (Å²) < 4.78 is 5.20. The van der Waals surface area contributed by atoms with E-state index >= 15 is 0 Å². The molecular formula is C15H13NO3. The summed E-state index contributed by atoms with van der Waals surface area (Å²) in [6, 6.07) is 13.3. The van der Waals surface area contributed by atoms with Gasteiger partial charge in [0.2, 0.25) is 5.91 Å². The van der Waals surface area contributed by atoms with Crippen molar-refractivity contribution in [3.63, 3.8) is 0 Å². The average molecular weight is 255 g/mol. The van der Waals surface area contributed by atoms with Gasteiger partial charge in [0, 0.05) is 5.56 Å². The molecule has 1 amide bonds. The number of carbonyl (C=O) groups excluding carboxylic acids is 2. The summed E-state index contributed by atoms with van der Waals surface area (Å²) in [7, 11) is 0. The molecule has 0 heterocycles. The minimum Gasteiger partial charge on any atom is -0.423 e. The summed E-state index contributed by atoms with van der Waals surface area (Å²) in [5.74, 6) is -0.735. The van der Waals surface area contributed by atoms with Crippen molar-refractivity contribution in [2.75, 3.05) is 0 Å². The second kappa shape index (κ2) is 5.35. The van der Waals surface area contributed by atoms with E-state index in [1.54, 1.807) is 36.4 Å². The van der Waals surface area contributed by atoms with Crippen LogP contribution in [0.2, 0.25) is 0 Å². The number of primary amides is 1. The molecule has 2 N–H and O–H groups in total. The van der Waals surface area contributed by atoms with Crippen molar-refractivity contribution >= 4 is 11.9 Å². The third-order valence-corrected chi connectivity index (χ3v) is 2.58. The molecule has 0 saturated carbocycles. The fraction of sp³-hybridized carbons (Fsp3) is 0.0667. The van der Waals surface area contributed by atoms with E-state index in [2.05, 4.69) is 0 Å². The van der Waals surface area contributed by atoms with Crippen LogP contribution < -0.4 is 10.5 Å². The molecule has 2 aromatic carbocycles. The molecule has 4 heteroatoms. The van der Waals surface area contributed by atoms with Crippen molar-refractivity contribution < 1.29 is 14.3 Å². The van der Waals surface area contributed by atoms with E-state index in [-0.39, 0.29) is 0 Å². The molecule has 2 rings (SSSR count). The number of aryl methyl sites for hydroxylation is 1. The van der Waals surface area contributed by atoms with Crippen LogP contribution in [-0.4, -0.2) is 11.9 Å². The maximum Gasteiger partial charge on any atom is 0.343 e. The van der Waals surface area contributed by atoms with Gasteiger partial charge in [-0.05, 0) is 37.3 Å². The lowest BCUT2D eigenvalue weighted by molar-refractivity contribution is 0.0733. The number of nitrogens with two attached hydrogens (primary N) is 1. The minimum atomic E-state index is -0.562. The van der Waals surface area contributed by atoms with Gasteiger partial charge < -0.3 is 10.5 Å². The number of hydrogen-bond donors (Lipinski definition) is 1. The molecule has 0 bridgehead atoms. The standard InChI is InChI=1S/C15H13NO3/c1-10-4-2-6-12(8-10)15(18)19-13-7-3-5-11(9-13)14(16)17/h2-9H,1H3,(H2,16,17). The van der Waals surface area contributed by atoms with Gasteiger partial charge in [0.05, 0.1) is 5.56 Å². The Morgan fingerprint density at radius 2 is 1.68 bits per heavy atom. The first kappa shape index (κ1) is 12.8. The summed E-state index contributed by atoms with van der Waals surface area (Å²) in [6.45, 7) is 1.89. The van der Waals surface area contributed by atoms with Crippen LogP contribution in [0.25, 0.3) is 0 Å². The first-order chi connectivity index (χ1) is 9.06. The van der Waals surface area contributed by atoms with E-state index < -0.39 is 11.9 Å². The van der Waals surface area contributed by atoms with E-state index in [1.165, 1.54) is 6.07 Å². The van der Waals surface area contributed by atoms with Crippen molar-refractivity contribution in [3.05, 3.63) is 65.2 Å². The van der Waals surface area contributed by atoms with Gasteiger partial charge in [0.15, 0.2) is 0 Å². The number of hydrogen-bond acceptors (Lipinski definition) is 3. The Kier molecular flexibility index (Phi) is 3.61. The van der Waals surface area contributed by atoms with Gasteiger partial charge in [-0.25, -0.2) is 4.79 Å². The molecule has 0 aromatic heterocycles. The van der Waals surface area contributed by atoms with E-state index in [0.29, 0.717) is 16.9 Å². The lowest BCUT2D eigenvalue weighted by Crippen LogP contribution is -2.12. The Morgan fingerprint density at radius 3 is 2.37 bits per heavy atom. The van der Waals surface area contributed by atoms with Crippen LogP contribution in [0.15, 0.2) is 48.5 Å². The quantitative estimate of drug-likeness (QED) is 0.676. The molecule has 0 fully saturated rings. The Hall–Kier alpha value is -2.62. The second-order valence-electron chi connectivity index (χ2n) is 4.15. The zero-order valence-electron chi connectivity index (χ0n) is 10.4. The van der Waals surface area contributed by atoms with Gasteiger partial charge in [-0.3, -0.25) is 4.79 Å². The van der Waals surface area contributed by atoms with Gasteiger partial charge >= 0.3 is 5.97 Å². The third-order valence-electron chi connectivity index (χ3n) is 2.58. The molecule has 0 aliphatic rings. The van der Waals surface area contributed by atoms with E-state index in [9.17, 15) is 9.59 Å². The van der Waals surface area contributed by atoms with E-state index in [4.69, 9.17) is 10.5 Å². The topological polar surface area (TPSA) is 69.4 Å². The summed E-state index contributed by atoms with van der Waals surface area (Å²) in [6.07, 6.45) is 0. The molecule has 0 unspecified atom stereocenters. The molecule has 0 atom stereocenters. The van der Waals surface area contributed by atoms with Crippen LogP contribution in [0, 0.1) is 6.92 Å². The molecule has 0 radical (unpaired) electrons. The van der Waals surface area contributed by atoms with Gasteiger partial charge in [0.25, 0.3) is 0 Å². The molecule has 4 nitrogen and oxygen atoms in total. The van der Waals surface area contributed by atoms with Crippen LogP contribution in [0.5, 0.6) is 5.75 Å². The van der Waals surface area contributed by atoms with Crippen LogP contribution in [0.4, 0.5) is 0 Å². The van der Waals surface area contributed by atoms with Gasteiger partial charge in [0.1, 0.15) is 5.75 Å². The smallest absolute Gasteiger partial charge is 0.343 e. The number of carbonyl (C=O) groups is 2. The highest BCUT2D eigenvalue weighted by atomic mass is 16.5. The van der Waals surface area contributed by atoms with Crippen molar-refractivity contribution in [1.82, 2.24) is 0 Å². The minimum absolute atomic E-state index is 0.294. The van der Waals surface area contributed by atoms with Crippen LogP contribution >= 0.6 is 0 Å². The van der Waals surface area contributed by atoms with Gasteiger partial charge in [-0.15, -0.1) is 0 Å². The summed E-state index contributed by atoms with van der Waals surface area (Å²) in [4.78, 5) is 22.9. The lowest BCUT2D eigenvalue weighted by atomic mass is 10.1. The zero-order chi connectivity index (χ0) is 13.8. The van der Waals surface area contributed by atoms with Crippen molar-refractivity contribution in [1.29, 1.82) is 0 Å². The lowest BCUT2D eigenvalue weighted by Gasteiger charge is -2.05. The highest BCUT2D eigenvalue weighted by Crippen LogP contribution is 2.15. The Morgan fingerprint density at radius 1 is 1.00 bits per heavy atom. The maximum atomic E-state index is 11.9. The molecule has 0 saturated heterocycles. The van der Waals surface area contributed by atoms with Crippen LogP contribution in [0.3, 0.4) is 0 Å². The summed E-state index contributed by atoms with van der Waals surface area (Å²) >= 11 is 0. The SMILES string of the molecule is Cc1cccc(C(=O)Oc2cccc(C(N)=O)c2)c1. The predicted molar refractivity (Wildman–Crippen MR) is 71.1 cm³/mol. The maximum absolute atomic E-state index is 11.9. The molecule has 96 valence electrons. The average Bonchev–Trinajstić information content (AvgIpc) is 2.39. The van der Waals surface area contributed by atoms with Gasteiger partial charge in [-0.1, -0.05) is 23.8 Å². The zero-order valence-corrected chi connectivity index (χ0v) is 10.4. The number of rotatable bonds is 3. The molecule has 19 heavy (non-hydrogen) atoms. The third kappa shape index (κ3) is 3.19. The number of ether oxygens (including phenoxy) is 1. The van der Waals surface area contributed by atoms with Crippen molar-refractivity contribution in [3.8, 4) is 5.75 Å². The first-order valence-corrected chi connectivity index (χ1v) is 5.75. The van der Waals surface area contributed by atoms with Crippen molar-refractivity contribution in [2.24, 2.45) is 5.73 Å². The normalized spacial score (nSPS) is 9.95. The predicted octanol–water partition coefficient (Wildman–Crippen LogP) is 2.31. The largest absolute Gasteiger partial charge is 0.423 e. The Balaban J connectivity index is 2.19. The molecule has 0 aliphatic carbocycles. The number of benzene rings is 2. The number of esters is 1. The van der Waals surface area contributed by atoms with Crippen LogP contribution in [-0.2, 0) is 0 Å².